The number of hydrogen-bond donors (Lipinski definition) is 5. The third-order valence-corrected chi connectivity index (χ3v) is 9.68. The predicted octanol–water partition coefficient (Wildman–Crippen LogP) is 6.65. The second-order valence-corrected chi connectivity index (χ2v) is 15.8. The molecule has 5 rings (SSSR count). The van der Waals surface area contributed by atoms with E-state index in [4.69, 9.17) is 14.2 Å². The number of nitrogens with one attached hydrogen (secondary N) is 5. The van der Waals surface area contributed by atoms with E-state index in [-0.39, 0.29) is 23.7 Å². The van der Waals surface area contributed by atoms with E-state index in [0.29, 0.717) is 5.56 Å². The molecule has 5 N–H and O–H groups in total. The van der Waals surface area contributed by atoms with Crippen molar-refractivity contribution in [2.24, 2.45) is 0 Å². The van der Waals surface area contributed by atoms with Crippen molar-refractivity contribution in [1.82, 2.24) is 21.3 Å². The molecule has 0 aromatic heterocycles. The van der Waals surface area contributed by atoms with E-state index in [1.165, 1.54) is 50.2 Å². The van der Waals surface area contributed by atoms with Gasteiger partial charge in [0, 0.05) is 17.8 Å². The van der Waals surface area contributed by atoms with Crippen LogP contribution in [-0.2, 0) is 40.8 Å². The number of non-ortho nitro benzene ring substituents is 1. The van der Waals surface area contributed by atoms with E-state index < -0.39 is 76.5 Å². The van der Waals surface area contributed by atoms with Gasteiger partial charge in [0.25, 0.3) is 5.69 Å². The SMILES string of the molecule is C[C@H](NC(=O)OC(C)(C)C)C(=O)N[C@@H](C)C(=O)N[C@@H](CC(=O)NC(c1ccccc1)(c1ccccc1)c1ccccc1)C(=O)Nc1ccc(COC(=O)Oc2ccc([N+](=O)[O-])cc2)cc1. The zero-order valence-corrected chi connectivity index (χ0v) is 36.4. The Morgan fingerprint density at radius 3 is 1.62 bits per heavy atom. The summed E-state index contributed by atoms with van der Waals surface area (Å²) in [5.41, 5.74) is 0.723. The van der Waals surface area contributed by atoms with Crippen LogP contribution in [0.1, 0.15) is 63.3 Å². The number of nitrogens with zero attached hydrogens (tertiary/aromatic N) is 1. The normalized spacial score (nSPS) is 12.5. The Morgan fingerprint density at radius 1 is 0.631 bits per heavy atom. The Balaban J connectivity index is 1.34. The number of nitro benzene ring substituents is 1. The quantitative estimate of drug-likeness (QED) is 0.0218. The summed E-state index contributed by atoms with van der Waals surface area (Å²) in [6.07, 6.45) is -2.44. The van der Waals surface area contributed by atoms with E-state index in [2.05, 4.69) is 26.6 Å². The number of hydrogen-bond acceptors (Lipinski definition) is 11. The zero-order chi connectivity index (χ0) is 47.1. The molecular formula is C48H50N6O11. The molecule has 0 aliphatic carbocycles. The number of alkyl carbamates (subject to hydrolysis) is 1. The summed E-state index contributed by atoms with van der Waals surface area (Å²) in [4.78, 5) is 90.2. The number of carbonyl (C=O) groups is 6. The standard InChI is InChI=1S/C48H50N6O11/c1-31(49-42(56)32(2)50-45(59)65-47(3,4)5)43(57)52-40(44(58)51-37-23-21-33(22-24-37)30-63-46(60)64-39-27-25-38(26-28-39)54(61)62)29-41(55)53-48(34-15-9-6-10-16-34,35-17-11-7-12-18-35)36-19-13-8-14-20-36/h6-28,31-32,40H,29-30H2,1-5H3,(H,49,56)(H,50,59)(H,51,58)(H,52,57)(H,53,55)/t31-,32-,40-/m0/s1. The van der Waals surface area contributed by atoms with Gasteiger partial charge in [-0.25, -0.2) is 9.59 Å². The molecule has 5 aromatic carbocycles. The number of benzene rings is 5. The molecule has 0 saturated heterocycles. The highest BCUT2D eigenvalue weighted by molar-refractivity contribution is 6.01. The molecule has 17 nitrogen and oxygen atoms in total. The van der Waals surface area contributed by atoms with Gasteiger partial charge in [0.1, 0.15) is 41.6 Å². The number of ether oxygens (including phenoxy) is 3. The first kappa shape index (κ1) is 48.0. The minimum Gasteiger partial charge on any atom is -0.444 e. The first-order valence-corrected chi connectivity index (χ1v) is 20.5. The highest BCUT2D eigenvalue weighted by atomic mass is 16.7. The van der Waals surface area contributed by atoms with Gasteiger partial charge in [0.2, 0.25) is 23.6 Å². The van der Waals surface area contributed by atoms with Crippen LogP contribution in [0, 0.1) is 10.1 Å². The third kappa shape index (κ3) is 13.7. The first-order valence-electron chi connectivity index (χ1n) is 20.5. The molecule has 5 amide bonds. The van der Waals surface area contributed by atoms with Gasteiger partial charge in [-0.05, 0) is 81.1 Å². The van der Waals surface area contributed by atoms with Crippen molar-refractivity contribution >= 4 is 47.3 Å². The molecule has 338 valence electrons. The summed E-state index contributed by atoms with van der Waals surface area (Å²) in [6.45, 7) is 7.58. The molecular weight excluding hydrogens is 837 g/mol. The predicted molar refractivity (Wildman–Crippen MR) is 239 cm³/mol. The molecule has 0 fully saturated rings. The molecule has 0 bridgehead atoms. The van der Waals surface area contributed by atoms with Crippen LogP contribution in [0.25, 0.3) is 0 Å². The van der Waals surface area contributed by atoms with Gasteiger partial charge in [-0.15, -0.1) is 0 Å². The summed E-state index contributed by atoms with van der Waals surface area (Å²) in [7, 11) is 0. The molecule has 5 aromatic rings. The van der Waals surface area contributed by atoms with Crippen molar-refractivity contribution in [2.45, 2.75) is 76.9 Å². The average molecular weight is 887 g/mol. The summed E-state index contributed by atoms with van der Waals surface area (Å²) in [6, 6.07) is 35.2. The Kier molecular flexibility index (Phi) is 16.1. The van der Waals surface area contributed by atoms with Crippen LogP contribution < -0.4 is 31.3 Å². The second-order valence-electron chi connectivity index (χ2n) is 15.8. The number of anilines is 1. The van der Waals surface area contributed by atoms with Gasteiger partial charge in [-0.3, -0.25) is 29.3 Å². The van der Waals surface area contributed by atoms with Gasteiger partial charge in [-0.1, -0.05) is 103 Å². The van der Waals surface area contributed by atoms with Crippen molar-refractivity contribution in [2.75, 3.05) is 5.32 Å². The van der Waals surface area contributed by atoms with E-state index in [1.54, 1.807) is 32.9 Å². The van der Waals surface area contributed by atoms with Crippen molar-refractivity contribution in [3.8, 4) is 5.75 Å². The van der Waals surface area contributed by atoms with Gasteiger partial charge in [-0.2, -0.15) is 0 Å². The second kappa shape index (κ2) is 21.8. The maximum Gasteiger partial charge on any atom is 0.514 e. The number of amides is 5. The molecule has 17 heteroatoms. The minimum atomic E-state index is -1.49. The van der Waals surface area contributed by atoms with E-state index in [1.807, 2.05) is 91.0 Å². The Hall–Kier alpha value is -8.08. The summed E-state index contributed by atoms with van der Waals surface area (Å²) < 4.78 is 15.5. The molecule has 0 aliphatic heterocycles. The fraction of sp³-hybridized carbons (Fsp3) is 0.250. The molecule has 0 heterocycles. The van der Waals surface area contributed by atoms with E-state index >= 15 is 0 Å². The summed E-state index contributed by atoms with van der Waals surface area (Å²) in [5, 5.41) is 24.4. The lowest BCUT2D eigenvalue weighted by Crippen LogP contribution is -2.56. The van der Waals surface area contributed by atoms with Crippen LogP contribution in [-0.4, -0.2) is 64.5 Å². The molecule has 0 unspecified atom stereocenters. The summed E-state index contributed by atoms with van der Waals surface area (Å²) in [5.74, 6) is -2.85. The molecule has 65 heavy (non-hydrogen) atoms. The maximum atomic E-state index is 14.5. The van der Waals surface area contributed by atoms with Crippen molar-refractivity contribution in [3.05, 3.63) is 172 Å². The van der Waals surface area contributed by atoms with Crippen LogP contribution >= 0.6 is 0 Å². The van der Waals surface area contributed by atoms with Gasteiger partial charge in [0.15, 0.2) is 0 Å². The smallest absolute Gasteiger partial charge is 0.444 e. The van der Waals surface area contributed by atoms with Crippen LogP contribution in [0.4, 0.5) is 21.0 Å². The van der Waals surface area contributed by atoms with Crippen LogP contribution in [0.15, 0.2) is 140 Å². The molecule has 3 atom stereocenters. The van der Waals surface area contributed by atoms with Gasteiger partial charge < -0.3 is 40.8 Å². The van der Waals surface area contributed by atoms with Gasteiger partial charge in [0.05, 0.1) is 11.3 Å². The Bertz CT molecular complexity index is 2350. The Labute approximate surface area is 375 Å². The lowest BCUT2D eigenvalue weighted by molar-refractivity contribution is -0.384. The van der Waals surface area contributed by atoms with Crippen molar-refractivity contribution in [1.29, 1.82) is 0 Å². The average Bonchev–Trinajstić information content (AvgIpc) is 3.28. The van der Waals surface area contributed by atoms with Crippen molar-refractivity contribution in [3.63, 3.8) is 0 Å². The number of rotatable bonds is 17. The molecule has 0 saturated carbocycles. The van der Waals surface area contributed by atoms with Crippen LogP contribution in [0.2, 0.25) is 0 Å². The van der Waals surface area contributed by atoms with Crippen LogP contribution in [0.3, 0.4) is 0 Å². The zero-order valence-electron chi connectivity index (χ0n) is 36.4. The molecule has 0 aliphatic rings. The van der Waals surface area contributed by atoms with E-state index in [9.17, 15) is 38.9 Å². The van der Waals surface area contributed by atoms with E-state index in [0.717, 1.165) is 16.7 Å². The fourth-order valence-corrected chi connectivity index (χ4v) is 6.50. The largest absolute Gasteiger partial charge is 0.514 e. The van der Waals surface area contributed by atoms with Crippen molar-refractivity contribution < 1.29 is 47.9 Å². The lowest BCUT2D eigenvalue weighted by Gasteiger charge is -2.37. The monoisotopic (exact) mass is 886 g/mol. The highest BCUT2D eigenvalue weighted by Gasteiger charge is 2.39. The minimum absolute atomic E-state index is 0.0430. The highest BCUT2D eigenvalue weighted by Crippen LogP contribution is 2.37. The van der Waals surface area contributed by atoms with Crippen LogP contribution in [0.5, 0.6) is 5.75 Å². The number of carbonyl (C=O) groups excluding carboxylic acids is 6. The summed E-state index contributed by atoms with van der Waals surface area (Å²) >= 11 is 0. The maximum absolute atomic E-state index is 14.5. The third-order valence-electron chi connectivity index (χ3n) is 9.68. The molecule has 0 radical (unpaired) electrons. The first-order chi connectivity index (χ1) is 30.9. The lowest BCUT2D eigenvalue weighted by atomic mass is 9.77. The molecule has 0 spiro atoms. The topological polar surface area (TPSA) is 233 Å². The fourth-order valence-electron chi connectivity index (χ4n) is 6.50. The number of nitro groups is 1. The van der Waals surface area contributed by atoms with Gasteiger partial charge >= 0.3 is 12.2 Å². The Morgan fingerprint density at radius 2 is 1.12 bits per heavy atom.